The highest BCUT2D eigenvalue weighted by atomic mass is 16.2. The van der Waals surface area contributed by atoms with E-state index in [2.05, 4.69) is 15.2 Å². The molecular weight excluding hydrogens is 414 g/mol. The Morgan fingerprint density at radius 3 is 2.82 bits per heavy atom. The Bertz CT molecular complexity index is 1030. The van der Waals surface area contributed by atoms with Crippen LogP contribution in [0.25, 0.3) is 0 Å². The normalized spacial score (nSPS) is 21.1. The zero-order valence-electron chi connectivity index (χ0n) is 19.4. The third-order valence-corrected chi connectivity index (χ3v) is 7.17. The van der Waals surface area contributed by atoms with E-state index in [1.54, 1.807) is 29.3 Å². The number of likely N-dealkylation sites (tertiary alicyclic amines) is 2. The zero-order chi connectivity index (χ0) is 22.8. The molecule has 1 N–H and O–H groups in total. The molecule has 7 heteroatoms. The molecule has 5 rings (SSSR count). The van der Waals surface area contributed by atoms with Crippen LogP contribution < -0.4 is 10.2 Å². The molecule has 3 aliphatic heterocycles. The molecule has 7 nitrogen and oxygen atoms in total. The van der Waals surface area contributed by atoms with Gasteiger partial charge in [-0.2, -0.15) is 0 Å². The minimum absolute atomic E-state index is 0.0963. The Hall–Kier alpha value is -2.93. The summed E-state index contributed by atoms with van der Waals surface area (Å²) in [5, 5.41) is 2.93. The quantitative estimate of drug-likeness (QED) is 0.734. The maximum Gasteiger partial charge on any atom is 0.330 e. The zero-order valence-corrected chi connectivity index (χ0v) is 19.4. The number of nitrogens with zero attached hydrogens (tertiary/aromatic N) is 4. The van der Waals surface area contributed by atoms with Crippen molar-refractivity contribution in [3.05, 3.63) is 47.7 Å². The highest BCUT2D eigenvalue weighted by molar-refractivity contribution is 6.16. The summed E-state index contributed by atoms with van der Waals surface area (Å²) in [4.78, 5) is 37.6. The number of carbonyl (C=O) groups is 2. The second-order valence-electron chi connectivity index (χ2n) is 9.61. The van der Waals surface area contributed by atoms with E-state index in [9.17, 15) is 9.59 Å². The van der Waals surface area contributed by atoms with Gasteiger partial charge in [0, 0.05) is 19.3 Å². The van der Waals surface area contributed by atoms with Gasteiger partial charge >= 0.3 is 6.03 Å². The van der Waals surface area contributed by atoms with Gasteiger partial charge < -0.3 is 15.1 Å². The predicted molar refractivity (Wildman–Crippen MR) is 130 cm³/mol. The maximum absolute atomic E-state index is 14.0. The SMILES string of the molecule is Cc1ccc2c(c1)N(C(=O)N1CCCC(CCN3CCCCC3)C1)c1ncccc1NC2=O. The van der Waals surface area contributed by atoms with Crippen molar-refractivity contribution >= 4 is 29.1 Å². The molecule has 4 heterocycles. The van der Waals surface area contributed by atoms with Crippen molar-refractivity contribution in [1.29, 1.82) is 0 Å². The first kappa shape index (κ1) is 21.9. The van der Waals surface area contributed by atoms with Gasteiger partial charge in [-0.05, 0) is 94.4 Å². The first-order valence-corrected chi connectivity index (χ1v) is 12.3. The summed E-state index contributed by atoms with van der Waals surface area (Å²) in [6.07, 6.45) is 8.95. The van der Waals surface area contributed by atoms with Gasteiger partial charge in [-0.3, -0.25) is 4.79 Å². The first-order chi connectivity index (χ1) is 16.1. The predicted octanol–water partition coefficient (Wildman–Crippen LogP) is 4.80. The van der Waals surface area contributed by atoms with Gasteiger partial charge in [-0.15, -0.1) is 0 Å². The fourth-order valence-electron chi connectivity index (χ4n) is 5.35. The van der Waals surface area contributed by atoms with Crippen LogP contribution in [-0.2, 0) is 0 Å². The van der Waals surface area contributed by atoms with E-state index in [1.165, 1.54) is 38.8 Å². The van der Waals surface area contributed by atoms with E-state index in [1.807, 2.05) is 24.0 Å². The molecule has 2 aromatic rings. The second-order valence-corrected chi connectivity index (χ2v) is 9.61. The molecule has 2 saturated heterocycles. The van der Waals surface area contributed by atoms with E-state index in [0.29, 0.717) is 28.7 Å². The van der Waals surface area contributed by atoms with Crippen LogP contribution in [0.5, 0.6) is 0 Å². The number of aryl methyl sites for hydroxylation is 1. The number of piperidine rings is 2. The van der Waals surface area contributed by atoms with Gasteiger partial charge in [0.2, 0.25) is 0 Å². The lowest BCUT2D eigenvalue weighted by Gasteiger charge is -2.37. The van der Waals surface area contributed by atoms with Crippen molar-refractivity contribution in [2.75, 3.05) is 42.9 Å². The second kappa shape index (κ2) is 9.51. The van der Waals surface area contributed by atoms with Gasteiger partial charge in [-0.25, -0.2) is 14.7 Å². The monoisotopic (exact) mass is 447 g/mol. The molecule has 3 aliphatic rings. The summed E-state index contributed by atoms with van der Waals surface area (Å²) in [6.45, 7) is 7.02. The Kier molecular flexibility index (Phi) is 6.31. The van der Waals surface area contributed by atoms with Crippen LogP contribution in [0.2, 0.25) is 0 Å². The topological polar surface area (TPSA) is 68.8 Å². The number of rotatable bonds is 3. The molecule has 1 atom stereocenters. The summed E-state index contributed by atoms with van der Waals surface area (Å²) in [5.41, 5.74) is 2.65. The van der Waals surface area contributed by atoms with Gasteiger partial charge in [-0.1, -0.05) is 12.5 Å². The number of aromatic nitrogens is 1. The van der Waals surface area contributed by atoms with Gasteiger partial charge in [0.05, 0.1) is 16.9 Å². The summed E-state index contributed by atoms with van der Waals surface area (Å²) in [7, 11) is 0. The highest BCUT2D eigenvalue weighted by Gasteiger charge is 2.35. The van der Waals surface area contributed by atoms with Crippen molar-refractivity contribution in [3.8, 4) is 0 Å². The Labute approximate surface area is 195 Å². The summed E-state index contributed by atoms with van der Waals surface area (Å²) >= 11 is 0. The molecule has 174 valence electrons. The summed E-state index contributed by atoms with van der Waals surface area (Å²) in [6, 6.07) is 9.10. The molecule has 0 saturated carbocycles. The molecule has 0 aliphatic carbocycles. The Morgan fingerprint density at radius 2 is 1.97 bits per heavy atom. The van der Waals surface area contributed by atoms with E-state index in [4.69, 9.17) is 0 Å². The molecule has 1 aromatic carbocycles. The van der Waals surface area contributed by atoms with Crippen molar-refractivity contribution in [3.63, 3.8) is 0 Å². The lowest BCUT2D eigenvalue weighted by molar-refractivity contribution is 0.102. The molecule has 0 bridgehead atoms. The van der Waals surface area contributed by atoms with E-state index < -0.39 is 0 Å². The number of nitrogens with one attached hydrogen (secondary N) is 1. The Balaban J connectivity index is 1.39. The molecular formula is C26H33N5O2. The minimum atomic E-state index is -0.215. The van der Waals surface area contributed by atoms with Crippen LogP contribution >= 0.6 is 0 Å². The number of fused-ring (bicyclic) bond motifs is 2. The third kappa shape index (κ3) is 4.60. The lowest BCUT2D eigenvalue weighted by Crippen LogP contribution is -2.47. The standard InChI is InChI=1S/C26H33N5O2/c1-19-9-10-21-23(17-19)31(24-22(28-25(21)32)8-5-12-27-24)26(33)30-15-6-7-20(18-30)11-16-29-13-3-2-4-14-29/h5,8-10,12,17,20H,2-4,6-7,11,13-16,18H2,1H3,(H,28,32). The fraction of sp³-hybridized carbons (Fsp3) is 0.500. The first-order valence-electron chi connectivity index (χ1n) is 12.3. The fourth-order valence-corrected chi connectivity index (χ4v) is 5.35. The van der Waals surface area contributed by atoms with Crippen molar-refractivity contribution < 1.29 is 9.59 Å². The van der Waals surface area contributed by atoms with Gasteiger partial charge in [0.1, 0.15) is 0 Å². The average molecular weight is 448 g/mol. The third-order valence-electron chi connectivity index (χ3n) is 7.17. The highest BCUT2D eigenvalue weighted by Crippen LogP contribution is 2.38. The maximum atomic E-state index is 14.0. The van der Waals surface area contributed by atoms with Crippen LogP contribution in [0.4, 0.5) is 22.0 Å². The number of hydrogen-bond donors (Lipinski definition) is 1. The number of urea groups is 1. The molecule has 33 heavy (non-hydrogen) atoms. The van der Waals surface area contributed by atoms with Crippen LogP contribution in [0, 0.1) is 12.8 Å². The number of pyridine rings is 1. The molecule has 1 aromatic heterocycles. The van der Waals surface area contributed by atoms with Crippen molar-refractivity contribution in [2.45, 2.75) is 45.4 Å². The number of amides is 3. The molecule has 3 amide bonds. The summed E-state index contributed by atoms with van der Waals surface area (Å²) in [5.74, 6) is 0.778. The summed E-state index contributed by atoms with van der Waals surface area (Å²) < 4.78 is 0. The number of benzene rings is 1. The van der Waals surface area contributed by atoms with E-state index >= 15 is 0 Å². The van der Waals surface area contributed by atoms with Crippen LogP contribution in [0.3, 0.4) is 0 Å². The molecule has 0 spiro atoms. The molecule has 0 radical (unpaired) electrons. The van der Waals surface area contributed by atoms with Gasteiger partial charge in [0.15, 0.2) is 5.82 Å². The van der Waals surface area contributed by atoms with Gasteiger partial charge in [0.25, 0.3) is 5.91 Å². The number of anilines is 3. The van der Waals surface area contributed by atoms with Crippen LogP contribution in [0.15, 0.2) is 36.5 Å². The Morgan fingerprint density at radius 1 is 1.12 bits per heavy atom. The van der Waals surface area contributed by atoms with Crippen molar-refractivity contribution in [2.24, 2.45) is 5.92 Å². The molecule has 1 unspecified atom stereocenters. The van der Waals surface area contributed by atoms with E-state index in [0.717, 1.165) is 38.0 Å². The number of hydrogen-bond acceptors (Lipinski definition) is 4. The van der Waals surface area contributed by atoms with Crippen LogP contribution in [-0.4, -0.2) is 59.4 Å². The van der Waals surface area contributed by atoms with E-state index in [-0.39, 0.29) is 11.9 Å². The minimum Gasteiger partial charge on any atom is -0.324 e. The smallest absolute Gasteiger partial charge is 0.324 e. The molecule has 2 fully saturated rings. The lowest BCUT2D eigenvalue weighted by atomic mass is 9.94. The number of carbonyl (C=O) groups excluding carboxylic acids is 2. The average Bonchev–Trinajstić information content (AvgIpc) is 2.96. The van der Waals surface area contributed by atoms with Crippen molar-refractivity contribution in [1.82, 2.24) is 14.8 Å². The largest absolute Gasteiger partial charge is 0.330 e. The van der Waals surface area contributed by atoms with Crippen LogP contribution in [0.1, 0.15) is 54.4 Å².